The van der Waals surface area contributed by atoms with Gasteiger partial charge in [0, 0.05) is 33.4 Å². The van der Waals surface area contributed by atoms with Crippen LogP contribution in [0.25, 0.3) is 0 Å². The molecule has 0 spiro atoms. The third-order valence-electron chi connectivity index (χ3n) is 3.22. The Hall–Kier alpha value is -1.64. The fourth-order valence-corrected chi connectivity index (χ4v) is 2.93. The number of nitrogens with zero attached hydrogens (tertiary/aromatic N) is 1. The summed E-state index contributed by atoms with van der Waals surface area (Å²) in [7, 11) is -0.258. The molecule has 0 bridgehead atoms. The molecule has 1 N–H and O–H groups in total. The van der Waals surface area contributed by atoms with Crippen LogP contribution in [-0.2, 0) is 14.8 Å². The lowest BCUT2D eigenvalue weighted by Crippen LogP contribution is -2.39. The Morgan fingerprint density at radius 3 is 2.52 bits per heavy atom. The van der Waals surface area contributed by atoms with E-state index in [4.69, 9.17) is 9.47 Å². The van der Waals surface area contributed by atoms with Crippen LogP contribution in [0.4, 0.5) is 0 Å². The molecule has 0 fully saturated rings. The highest BCUT2D eigenvalue weighted by molar-refractivity contribution is 7.88. The van der Waals surface area contributed by atoms with Crippen molar-refractivity contribution >= 4 is 15.9 Å². The molecule has 0 atom stereocenters. The van der Waals surface area contributed by atoms with Crippen molar-refractivity contribution in [3.05, 3.63) is 29.8 Å². The Bertz CT molecular complexity index is 604. The minimum absolute atomic E-state index is 0.212. The van der Waals surface area contributed by atoms with Crippen molar-refractivity contribution in [2.75, 3.05) is 46.7 Å². The van der Waals surface area contributed by atoms with Crippen LogP contribution < -0.4 is 10.1 Å². The van der Waals surface area contributed by atoms with E-state index >= 15 is 0 Å². The fraction of sp³-hybridized carbons (Fsp3) is 0.533. The molecule has 8 heteroatoms. The third-order valence-corrected chi connectivity index (χ3v) is 4.53. The average Bonchev–Trinajstić information content (AvgIpc) is 2.52. The normalized spacial score (nSPS) is 11.5. The van der Waals surface area contributed by atoms with E-state index in [1.807, 2.05) is 0 Å². The van der Waals surface area contributed by atoms with Crippen molar-refractivity contribution in [1.82, 2.24) is 9.62 Å². The molecule has 0 radical (unpaired) electrons. The zero-order valence-corrected chi connectivity index (χ0v) is 14.6. The van der Waals surface area contributed by atoms with Crippen LogP contribution in [0.2, 0.25) is 0 Å². The summed E-state index contributed by atoms with van der Waals surface area (Å²) in [4.78, 5) is 12.1. The number of methoxy groups -OCH3 is 2. The number of hydrogen-bond acceptors (Lipinski definition) is 5. The van der Waals surface area contributed by atoms with Gasteiger partial charge in [0.25, 0.3) is 5.91 Å². The molecule has 1 aromatic carbocycles. The zero-order chi connectivity index (χ0) is 17.3. The van der Waals surface area contributed by atoms with Crippen LogP contribution in [0.5, 0.6) is 5.75 Å². The zero-order valence-electron chi connectivity index (χ0n) is 13.7. The third kappa shape index (κ3) is 6.55. The Morgan fingerprint density at radius 2 is 1.91 bits per heavy atom. The molecule has 0 aromatic heterocycles. The van der Waals surface area contributed by atoms with Crippen LogP contribution in [0, 0.1) is 0 Å². The van der Waals surface area contributed by atoms with Crippen LogP contribution >= 0.6 is 0 Å². The Morgan fingerprint density at radius 1 is 1.22 bits per heavy atom. The van der Waals surface area contributed by atoms with Crippen molar-refractivity contribution in [2.45, 2.75) is 6.42 Å². The number of nitrogens with one attached hydrogen (secondary N) is 1. The summed E-state index contributed by atoms with van der Waals surface area (Å²) in [6, 6.07) is 6.87. The predicted molar refractivity (Wildman–Crippen MR) is 88.2 cm³/mol. The average molecular weight is 344 g/mol. The van der Waals surface area contributed by atoms with Gasteiger partial charge in [0.15, 0.2) is 0 Å². The van der Waals surface area contributed by atoms with Gasteiger partial charge in [-0.15, -0.1) is 0 Å². The highest BCUT2D eigenvalue weighted by atomic mass is 32.2. The summed E-state index contributed by atoms with van der Waals surface area (Å²) in [5.74, 6) is 0.179. The highest BCUT2D eigenvalue weighted by Crippen LogP contribution is 2.16. The number of amides is 1. The molecule has 23 heavy (non-hydrogen) atoms. The minimum Gasteiger partial charge on any atom is -0.496 e. The predicted octanol–water partition coefficient (Wildman–Crippen LogP) is 0.723. The molecule has 0 aliphatic heterocycles. The fourth-order valence-electron chi connectivity index (χ4n) is 2.05. The lowest BCUT2D eigenvalue weighted by atomic mass is 10.2. The summed E-state index contributed by atoms with van der Waals surface area (Å²) in [5, 5.41) is 2.71. The van der Waals surface area contributed by atoms with Gasteiger partial charge in [0.1, 0.15) is 5.75 Å². The van der Waals surface area contributed by atoms with Crippen molar-refractivity contribution in [2.24, 2.45) is 0 Å². The SMILES string of the molecule is COCCCN(CCNC(=O)c1ccccc1OC)S(C)(=O)=O. The molecule has 130 valence electrons. The Balaban J connectivity index is 2.57. The summed E-state index contributed by atoms with van der Waals surface area (Å²) in [6.07, 6.45) is 1.76. The largest absolute Gasteiger partial charge is 0.496 e. The van der Waals surface area contributed by atoms with E-state index in [-0.39, 0.29) is 19.0 Å². The van der Waals surface area contributed by atoms with Gasteiger partial charge in [-0.05, 0) is 18.6 Å². The van der Waals surface area contributed by atoms with Crippen molar-refractivity contribution in [1.29, 1.82) is 0 Å². The number of para-hydroxylation sites is 1. The molecular weight excluding hydrogens is 320 g/mol. The molecule has 1 aromatic rings. The molecule has 1 amide bonds. The molecule has 0 saturated heterocycles. The van der Waals surface area contributed by atoms with E-state index in [0.29, 0.717) is 30.9 Å². The first-order valence-corrected chi connectivity index (χ1v) is 9.10. The standard InChI is InChI=1S/C15H24N2O5S/c1-21-12-6-10-17(23(3,19)20)11-9-16-15(18)13-7-4-5-8-14(13)22-2/h4-5,7-8H,6,9-12H2,1-3H3,(H,16,18). The van der Waals surface area contributed by atoms with Gasteiger partial charge in [-0.1, -0.05) is 12.1 Å². The number of sulfonamides is 1. The quantitative estimate of drug-likeness (QED) is 0.632. The van der Waals surface area contributed by atoms with Gasteiger partial charge in [-0.25, -0.2) is 12.7 Å². The second-order valence-corrected chi connectivity index (χ2v) is 6.95. The number of carbonyl (C=O) groups excluding carboxylic acids is 1. The summed E-state index contributed by atoms with van der Waals surface area (Å²) in [6.45, 7) is 1.27. The lowest BCUT2D eigenvalue weighted by Gasteiger charge is -2.20. The Labute approximate surface area is 137 Å². The van der Waals surface area contributed by atoms with E-state index in [0.717, 1.165) is 6.26 Å². The van der Waals surface area contributed by atoms with Crippen LogP contribution in [-0.4, -0.2) is 65.3 Å². The van der Waals surface area contributed by atoms with Crippen molar-refractivity contribution < 1.29 is 22.7 Å². The first kappa shape index (κ1) is 19.4. The van der Waals surface area contributed by atoms with Crippen molar-refractivity contribution in [3.8, 4) is 5.75 Å². The maximum Gasteiger partial charge on any atom is 0.255 e. The molecule has 0 heterocycles. The van der Waals surface area contributed by atoms with Gasteiger partial charge in [0.2, 0.25) is 10.0 Å². The summed E-state index contributed by atoms with van der Waals surface area (Å²) >= 11 is 0. The second-order valence-electron chi connectivity index (χ2n) is 4.96. The maximum absolute atomic E-state index is 12.1. The van der Waals surface area contributed by atoms with E-state index in [1.54, 1.807) is 31.4 Å². The first-order valence-electron chi connectivity index (χ1n) is 7.25. The number of ether oxygens (including phenoxy) is 2. The van der Waals surface area contributed by atoms with Crippen molar-refractivity contribution in [3.63, 3.8) is 0 Å². The molecule has 1 rings (SSSR count). The van der Waals surface area contributed by atoms with E-state index in [9.17, 15) is 13.2 Å². The van der Waals surface area contributed by atoms with Gasteiger partial charge in [-0.3, -0.25) is 4.79 Å². The molecule has 7 nitrogen and oxygen atoms in total. The smallest absolute Gasteiger partial charge is 0.255 e. The van der Waals surface area contributed by atoms with Gasteiger partial charge in [-0.2, -0.15) is 0 Å². The minimum atomic E-state index is -3.32. The molecular formula is C15H24N2O5S. The topological polar surface area (TPSA) is 84.9 Å². The molecule has 0 aliphatic rings. The second kappa shape index (κ2) is 9.49. The number of hydrogen-bond donors (Lipinski definition) is 1. The first-order chi connectivity index (χ1) is 10.9. The summed E-state index contributed by atoms with van der Waals surface area (Å²) in [5.41, 5.74) is 0.417. The summed E-state index contributed by atoms with van der Waals surface area (Å²) < 4.78 is 34.8. The van der Waals surface area contributed by atoms with Gasteiger partial charge < -0.3 is 14.8 Å². The number of benzene rings is 1. The van der Waals surface area contributed by atoms with Gasteiger partial charge in [0.05, 0.1) is 18.9 Å². The van der Waals surface area contributed by atoms with Gasteiger partial charge >= 0.3 is 0 Å². The maximum atomic E-state index is 12.1. The Kier molecular flexibility index (Phi) is 8.01. The molecule has 0 aliphatic carbocycles. The van der Waals surface area contributed by atoms with Crippen LogP contribution in [0.3, 0.4) is 0 Å². The number of carbonyl (C=O) groups is 1. The van der Waals surface area contributed by atoms with E-state index in [1.165, 1.54) is 11.4 Å². The monoisotopic (exact) mass is 344 g/mol. The van der Waals surface area contributed by atoms with E-state index < -0.39 is 10.0 Å². The van der Waals surface area contributed by atoms with Crippen LogP contribution in [0.15, 0.2) is 24.3 Å². The molecule has 0 saturated carbocycles. The lowest BCUT2D eigenvalue weighted by molar-refractivity contribution is 0.0948. The molecule has 0 unspecified atom stereocenters. The van der Waals surface area contributed by atoms with E-state index in [2.05, 4.69) is 5.32 Å². The highest BCUT2D eigenvalue weighted by Gasteiger charge is 2.17. The van der Waals surface area contributed by atoms with Crippen LogP contribution in [0.1, 0.15) is 16.8 Å². The number of rotatable bonds is 10.